The number of carbonyl (C=O) groups is 1. The molecule has 0 spiro atoms. The van der Waals surface area contributed by atoms with Gasteiger partial charge in [0.2, 0.25) is 5.91 Å². The van der Waals surface area contributed by atoms with Crippen molar-refractivity contribution in [2.24, 2.45) is 5.92 Å². The van der Waals surface area contributed by atoms with E-state index >= 15 is 0 Å². The van der Waals surface area contributed by atoms with Crippen molar-refractivity contribution < 1.29 is 4.79 Å². The first kappa shape index (κ1) is 16.6. The predicted octanol–water partition coefficient (Wildman–Crippen LogP) is 0.867. The van der Waals surface area contributed by atoms with Gasteiger partial charge in [-0.05, 0) is 44.0 Å². The molecule has 6 nitrogen and oxygen atoms in total. The van der Waals surface area contributed by atoms with Crippen molar-refractivity contribution in [1.82, 2.24) is 20.2 Å². The smallest absolute Gasteiger partial charge is 0.326 e. The molecule has 0 aliphatic carbocycles. The summed E-state index contributed by atoms with van der Waals surface area (Å²) < 4.78 is 1.48. The van der Waals surface area contributed by atoms with E-state index in [1.165, 1.54) is 4.57 Å². The number of nitrogens with one attached hydrogen (secondary N) is 3. The molecule has 0 bridgehead atoms. The van der Waals surface area contributed by atoms with Crippen LogP contribution >= 0.6 is 12.4 Å². The number of para-hydroxylation sites is 2. The van der Waals surface area contributed by atoms with Crippen molar-refractivity contribution in [2.45, 2.75) is 19.4 Å². The maximum atomic E-state index is 12.0. The zero-order valence-corrected chi connectivity index (χ0v) is 13.1. The Morgan fingerprint density at radius 1 is 1.36 bits per heavy atom. The Hall–Kier alpha value is -1.79. The van der Waals surface area contributed by atoms with Crippen molar-refractivity contribution in [3.05, 3.63) is 34.7 Å². The average Bonchev–Trinajstić information content (AvgIpc) is 2.82. The van der Waals surface area contributed by atoms with Gasteiger partial charge in [-0.15, -0.1) is 12.4 Å². The van der Waals surface area contributed by atoms with Gasteiger partial charge in [-0.3, -0.25) is 9.36 Å². The summed E-state index contributed by atoms with van der Waals surface area (Å²) in [6, 6.07) is 7.39. The van der Waals surface area contributed by atoms with Gasteiger partial charge in [0.15, 0.2) is 0 Å². The lowest BCUT2D eigenvalue weighted by Crippen LogP contribution is -2.39. The molecule has 7 heteroatoms. The number of hydrogen-bond acceptors (Lipinski definition) is 3. The molecule has 1 amide bonds. The molecule has 120 valence electrons. The number of rotatable bonds is 4. The van der Waals surface area contributed by atoms with Gasteiger partial charge in [-0.1, -0.05) is 12.1 Å². The molecule has 0 radical (unpaired) electrons. The molecule has 2 aromatic rings. The number of piperidine rings is 1. The van der Waals surface area contributed by atoms with E-state index in [9.17, 15) is 9.59 Å². The molecule has 22 heavy (non-hydrogen) atoms. The van der Waals surface area contributed by atoms with E-state index in [-0.39, 0.29) is 30.5 Å². The molecule has 1 fully saturated rings. The zero-order valence-electron chi connectivity index (χ0n) is 12.3. The van der Waals surface area contributed by atoms with Crippen LogP contribution in [0.1, 0.15) is 12.8 Å². The van der Waals surface area contributed by atoms with E-state index in [0.717, 1.165) is 37.0 Å². The standard InChI is InChI=1S/C15H20N4O2.ClH/c20-14(17-9-11-4-3-7-16-8-11)10-19-13-6-2-1-5-12(13)18-15(19)21;/h1-2,5-6,11,16H,3-4,7-10H2,(H,17,20)(H,18,21);1H. The highest BCUT2D eigenvalue weighted by atomic mass is 35.5. The molecule has 1 aromatic carbocycles. The molecule has 1 aliphatic rings. The Labute approximate surface area is 134 Å². The molecule has 1 aliphatic heterocycles. The SMILES string of the molecule is Cl.O=C(Cn1c(=O)[nH]c2ccccc21)NCC1CCCNC1. The van der Waals surface area contributed by atoms with E-state index in [2.05, 4.69) is 15.6 Å². The number of aromatic amines is 1. The second-order valence-electron chi connectivity index (χ2n) is 5.55. The minimum atomic E-state index is -0.245. The maximum Gasteiger partial charge on any atom is 0.326 e. The third-order valence-electron chi connectivity index (χ3n) is 3.97. The summed E-state index contributed by atoms with van der Waals surface area (Å²) in [4.78, 5) is 26.7. The summed E-state index contributed by atoms with van der Waals surface area (Å²) in [6.45, 7) is 2.74. The summed E-state index contributed by atoms with van der Waals surface area (Å²) >= 11 is 0. The number of carbonyl (C=O) groups excluding carboxylic acids is 1. The number of hydrogen-bond donors (Lipinski definition) is 3. The summed E-state index contributed by atoms with van der Waals surface area (Å²) in [6.07, 6.45) is 2.29. The predicted molar refractivity (Wildman–Crippen MR) is 88.4 cm³/mol. The first-order valence-electron chi connectivity index (χ1n) is 7.39. The van der Waals surface area contributed by atoms with Gasteiger partial charge in [-0.2, -0.15) is 0 Å². The summed E-state index contributed by atoms with van der Waals surface area (Å²) in [5.41, 5.74) is 1.27. The minimum absolute atomic E-state index is 0. The monoisotopic (exact) mass is 324 g/mol. The highest BCUT2D eigenvalue weighted by molar-refractivity contribution is 5.85. The van der Waals surface area contributed by atoms with Gasteiger partial charge >= 0.3 is 5.69 Å². The van der Waals surface area contributed by atoms with E-state index < -0.39 is 0 Å². The van der Waals surface area contributed by atoms with E-state index in [4.69, 9.17) is 0 Å². The second kappa shape index (κ2) is 7.47. The van der Waals surface area contributed by atoms with Crippen molar-refractivity contribution in [3.8, 4) is 0 Å². The number of imidazole rings is 1. The van der Waals surface area contributed by atoms with Crippen LogP contribution in [-0.4, -0.2) is 35.1 Å². The van der Waals surface area contributed by atoms with Crippen LogP contribution in [0.5, 0.6) is 0 Å². The van der Waals surface area contributed by atoms with Crippen molar-refractivity contribution in [3.63, 3.8) is 0 Å². The molecule has 3 N–H and O–H groups in total. The lowest BCUT2D eigenvalue weighted by molar-refractivity contribution is -0.121. The molecular formula is C15H21ClN4O2. The molecular weight excluding hydrogens is 304 g/mol. The van der Waals surface area contributed by atoms with Gasteiger partial charge in [-0.25, -0.2) is 4.79 Å². The Bertz CT molecular complexity index is 688. The number of amides is 1. The van der Waals surface area contributed by atoms with Gasteiger partial charge < -0.3 is 15.6 Å². The van der Waals surface area contributed by atoms with Crippen molar-refractivity contribution in [2.75, 3.05) is 19.6 Å². The van der Waals surface area contributed by atoms with E-state index in [1.807, 2.05) is 24.3 Å². The third kappa shape index (κ3) is 3.69. The molecule has 0 saturated carbocycles. The van der Waals surface area contributed by atoms with Crippen LogP contribution < -0.4 is 16.3 Å². The van der Waals surface area contributed by atoms with E-state index in [1.54, 1.807) is 0 Å². The average molecular weight is 325 g/mol. The fourth-order valence-corrected chi connectivity index (χ4v) is 2.82. The third-order valence-corrected chi connectivity index (χ3v) is 3.97. The normalized spacial score (nSPS) is 17.9. The lowest BCUT2D eigenvalue weighted by atomic mass is 10.00. The number of fused-ring (bicyclic) bond motifs is 1. The Morgan fingerprint density at radius 3 is 2.95 bits per heavy atom. The molecule has 1 saturated heterocycles. The van der Waals surface area contributed by atoms with E-state index in [0.29, 0.717) is 12.5 Å². The van der Waals surface area contributed by atoms with Gasteiger partial charge in [0.05, 0.1) is 11.0 Å². The zero-order chi connectivity index (χ0) is 14.7. The molecule has 1 aromatic heterocycles. The van der Waals surface area contributed by atoms with Crippen LogP contribution in [0.25, 0.3) is 11.0 Å². The van der Waals surface area contributed by atoms with Crippen LogP contribution in [-0.2, 0) is 11.3 Å². The van der Waals surface area contributed by atoms with Crippen LogP contribution in [0.15, 0.2) is 29.1 Å². The highest BCUT2D eigenvalue weighted by Crippen LogP contribution is 2.09. The largest absolute Gasteiger partial charge is 0.354 e. The number of benzene rings is 1. The van der Waals surface area contributed by atoms with Gasteiger partial charge in [0, 0.05) is 6.54 Å². The number of aromatic nitrogens is 2. The van der Waals surface area contributed by atoms with Crippen molar-refractivity contribution >= 4 is 29.3 Å². The van der Waals surface area contributed by atoms with Crippen molar-refractivity contribution in [1.29, 1.82) is 0 Å². The minimum Gasteiger partial charge on any atom is -0.354 e. The summed E-state index contributed by atoms with van der Waals surface area (Å²) in [5, 5.41) is 6.26. The van der Waals surface area contributed by atoms with Crippen LogP contribution in [0.3, 0.4) is 0 Å². The molecule has 3 rings (SSSR count). The van der Waals surface area contributed by atoms with Gasteiger partial charge in [0.1, 0.15) is 6.54 Å². The second-order valence-corrected chi connectivity index (χ2v) is 5.55. The first-order valence-corrected chi connectivity index (χ1v) is 7.39. The highest BCUT2D eigenvalue weighted by Gasteiger charge is 2.15. The topological polar surface area (TPSA) is 78.9 Å². The Morgan fingerprint density at radius 2 is 2.18 bits per heavy atom. The Balaban J connectivity index is 0.00000176. The summed E-state index contributed by atoms with van der Waals surface area (Å²) in [5.74, 6) is 0.370. The number of halogens is 1. The lowest BCUT2D eigenvalue weighted by Gasteiger charge is -2.22. The van der Waals surface area contributed by atoms with Crippen LogP contribution in [0.4, 0.5) is 0 Å². The van der Waals surface area contributed by atoms with Gasteiger partial charge in [0.25, 0.3) is 0 Å². The quantitative estimate of drug-likeness (QED) is 0.780. The molecule has 1 unspecified atom stereocenters. The fourth-order valence-electron chi connectivity index (χ4n) is 2.82. The van der Waals surface area contributed by atoms with Crippen LogP contribution in [0, 0.1) is 5.92 Å². The number of H-pyrrole nitrogens is 1. The fraction of sp³-hybridized carbons (Fsp3) is 0.467. The first-order chi connectivity index (χ1) is 10.2. The summed E-state index contributed by atoms with van der Waals surface area (Å²) in [7, 11) is 0. The number of nitrogens with zero attached hydrogens (tertiary/aromatic N) is 1. The maximum absolute atomic E-state index is 12.0. The van der Waals surface area contributed by atoms with Crippen LogP contribution in [0.2, 0.25) is 0 Å². The molecule has 1 atom stereocenters. The molecule has 2 heterocycles. The Kier molecular flexibility index (Phi) is 5.63.